The van der Waals surface area contributed by atoms with Crippen LogP contribution in [0.25, 0.3) is 0 Å². The number of benzene rings is 2. The average molecular weight is 799 g/mol. The van der Waals surface area contributed by atoms with Gasteiger partial charge in [-0.25, -0.2) is 0 Å². The fourth-order valence-electron chi connectivity index (χ4n) is 7.62. The van der Waals surface area contributed by atoms with Crippen molar-refractivity contribution in [3.8, 4) is 0 Å². The van der Waals surface area contributed by atoms with Gasteiger partial charge in [0.15, 0.2) is 8.32 Å². The lowest BCUT2D eigenvalue weighted by Crippen LogP contribution is -2.67. The number of hydrogen-bond acceptors (Lipinski definition) is 7. The molecule has 0 spiro atoms. The van der Waals surface area contributed by atoms with Crippen molar-refractivity contribution < 1.29 is 32.6 Å². The number of methoxy groups -OCH3 is 3. The summed E-state index contributed by atoms with van der Waals surface area (Å²) in [6.45, 7) is 31.4. The van der Waals surface area contributed by atoms with Crippen LogP contribution in [0.5, 0.6) is 0 Å². The third kappa shape index (κ3) is 13.3. The van der Waals surface area contributed by atoms with Gasteiger partial charge in [-0.15, -0.1) is 6.58 Å². The molecule has 0 fully saturated rings. The van der Waals surface area contributed by atoms with E-state index in [1.54, 1.807) is 21.3 Å². The van der Waals surface area contributed by atoms with E-state index in [1.165, 1.54) is 10.4 Å². The number of hydrogen-bond donors (Lipinski definition) is 0. The van der Waals surface area contributed by atoms with Crippen LogP contribution in [0.2, 0.25) is 23.2 Å². The predicted molar refractivity (Wildman–Crippen MR) is 234 cm³/mol. The van der Waals surface area contributed by atoms with E-state index in [9.17, 15) is 4.79 Å². The molecule has 7 nitrogen and oxygen atoms in total. The van der Waals surface area contributed by atoms with Crippen LogP contribution >= 0.6 is 0 Å². The summed E-state index contributed by atoms with van der Waals surface area (Å²) in [5, 5.41) is 2.33. The first-order chi connectivity index (χ1) is 25.7. The summed E-state index contributed by atoms with van der Waals surface area (Å²) in [6, 6.07) is 21.5. The first-order valence-electron chi connectivity index (χ1n) is 20.4. The van der Waals surface area contributed by atoms with Crippen LogP contribution in [0, 0.1) is 23.7 Å². The van der Waals surface area contributed by atoms with Gasteiger partial charge in [0.2, 0.25) is 0 Å². The highest BCUT2D eigenvalue weighted by molar-refractivity contribution is 6.99. The molecule has 312 valence electrons. The maximum absolute atomic E-state index is 14.3. The van der Waals surface area contributed by atoms with E-state index in [-0.39, 0.29) is 70.7 Å². The largest absolute Gasteiger partial charge is 0.413 e. The van der Waals surface area contributed by atoms with Crippen LogP contribution in [-0.4, -0.2) is 81.6 Å². The van der Waals surface area contributed by atoms with Crippen molar-refractivity contribution in [3.63, 3.8) is 0 Å². The third-order valence-corrected chi connectivity index (χ3v) is 21.8. The van der Waals surface area contributed by atoms with Crippen LogP contribution in [-0.2, 0) is 32.6 Å². The number of carbonyl (C=O) groups is 1. The van der Waals surface area contributed by atoms with Gasteiger partial charge in [0.05, 0.1) is 24.4 Å². The molecule has 2 aromatic carbocycles. The number of ketones is 1. The molecule has 0 aliphatic rings. The quantitative estimate of drug-likeness (QED) is 0.0563. The zero-order valence-corrected chi connectivity index (χ0v) is 39.3. The van der Waals surface area contributed by atoms with E-state index in [1.807, 2.05) is 6.08 Å². The molecule has 0 N–H and O–H groups in total. The van der Waals surface area contributed by atoms with Gasteiger partial charge in [-0.2, -0.15) is 0 Å². The van der Waals surface area contributed by atoms with E-state index in [2.05, 4.69) is 150 Å². The summed E-state index contributed by atoms with van der Waals surface area (Å²) in [5.74, 6) is 0.0970. The van der Waals surface area contributed by atoms with Crippen molar-refractivity contribution >= 4 is 32.8 Å². The highest BCUT2D eigenvalue weighted by atomic mass is 28.4. The number of carbonyl (C=O) groups excluding carboxylic acids is 1. The normalized spacial score (nSPS) is 17.4. The van der Waals surface area contributed by atoms with Gasteiger partial charge in [-0.05, 0) is 52.3 Å². The van der Waals surface area contributed by atoms with Crippen molar-refractivity contribution in [3.05, 3.63) is 73.3 Å². The Labute approximate surface area is 338 Å². The van der Waals surface area contributed by atoms with Crippen molar-refractivity contribution in [2.75, 3.05) is 34.7 Å². The summed E-state index contributed by atoms with van der Waals surface area (Å²) in [5.41, 5.74) is 0. The fourth-order valence-corrected chi connectivity index (χ4v) is 13.8. The molecule has 8 atom stereocenters. The lowest BCUT2D eigenvalue weighted by molar-refractivity contribution is -0.130. The summed E-state index contributed by atoms with van der Waals surface area (Å²) in [6.07, 6.45) is 3.84. The molecule has 2 aromatic rings. The van der Waals surface area contributed by atoms with Gasteiger partial charge in [-0.1, -0.05) is 136 Å². The van der Waals surface area contributed by atoms with E-state index in [0.29, 0.717) is 25.9 Å². The molecule has 0 saturated heterocycles. The summed E-state index contributed by atoms with van der Waals surface area (Å²) in [4.78, 5) is 14.3. The number of Topliss-reactive ketones (excluding diaryl/α,β-unsaturated/α-hetero) is 1. The number of ether oxygens (including phenoxy) is 4. The summed E-state index contributed by atoms with van der Waals surface area (Å²) < 4.78 is 38.0. The minimum Gasteiger partial charge on any atom is -0.413 e. The van der Waals surface area contributed by atoms with Crippen LogP contribution in [0.15, 0.2) is 73.3 Å². The molecular weight excluding hydrogens is 721 g/mol. The zero-order chi connectivity index (χ0) is 41.6. The lowest BCUT2D eigenvalue weighted by atomic mass is 9.85. The Morgan fingerprint density at radius 1 is 0.764 bits per heavy atom. The monoisotopic (exact) mass is 799 g/mol. The summed E-state index contributed by atoms with van der Waals surface area (Å²) in [7, 11) is 0.0634. The van der Waals surface area contributed by atoms with Gasteiger partial charge in [0.1, 0.15) is 12.6 Å². The first kappa shape index (κ1) is 49.2. The topological polar surface area (TPSA) is 72.5 Å². The maximum Gasteiger partial charge on any atom is 0.261 e. The SMILES string of the molecule is C=CC[C@H](OC)[C@@H](C)[C@H](C[C@H](OC)[C@@H](C)CCC(=O)[C@H](C)[C@H](O[Si](C)(C)C(C)(C)C)[C@H](C)CO[Si](c1ccccc1)(c1ccccc1)C(C)(C)C)OCOC. The Bertz CT molecular complexity index is 1350. The van der Waals surface area contributed by atoms with Gasteiger partial charge < -0.3 is 27.8 Å². The van der Waals surface area contributed by atoms with Crippen LogP contribution in [0.4, 0.5) is 0 Å². The van der Waals surface area contributed by atoms with Crippen LogP contribution in [0.3, 0.4) is 0 Å². The molecular formula is C46H78O7Si2. The second-order valence-electron chi connectivity index (χ2n) is 18.3. The van der Waals surface area contributed by atoms with E-state index in [0.717, 1.165) is 6.42 Å². The molecule has 0 aromatic heterocycles. The fraction of sp³-hybridized carbons (Fsp3) is 0.674. The molecule has 0 saturated carbocycles. The van der Waals surface area contributed by atoms with E-state index < -0.39 is 16.6 Å². The Morgan fingerprint density at radius 2 is 1.29 bits per heavy atom. The lowest BCUT2D eigenvalue weighted by Gasteiger charge is -2.45. The first-order valence-corrected chi connectivity index (χ1v) is 25.3. The molecule has 0 bridgehead atoms. The molecule has 9 heteroatoms. The van der Waals surface area contributed by atoms with Crippen LogP contribution in [0.1, 0.15) is 94.9 Å². The van der Waals surface area contributed by atoms with Crippen molar-refractivity contribution in [2.24, 2.45) is 23.7 Å². The molecule has 0 radical (unpaired) electrons. The Hall–Kier alpha value is -1.96. The van der Waals surface area contributed by atoms with Gasteiger partial charge in [0.25, 0.3) is 8.32 Å². The minimum absolute atomic E-state index is 0.0150. The van der Waals surface area contributed by atoms with Gasteiger partial charge in [-0.3, -0.25) is 4.79 Å². The standard InChI is InChI=1S/C46H78O7Si2/c1-17-24-41(49-13)37(5)43(51-33-48-12)31-42(50-14)34(2)29-30-40(47)36(4)44(53-54(15,16)45(6,7)8)35(3)32-52-55(46(9,10)11,38-25-20-18-21-26-38)39-27-22-19-23-28-39/h17-23,25-28,34-37,41-44H,1,24,29-33H2,2-16H3/t34-,35+,36-,37+,41-,42-,43-,44+/m0/s1. The van der Waals surface area contributed by atoms with Crippen LogP contribution < -0.4 is 10.4 Å². The smallest absolute Gasteiger partial charge is 0.261 e. The number of rotatable bonds is 25. The molecule has 0 amide bonds. The Balaban J connectivity index is 2.38. The van der Waals surface area contributed by atoms with E-state index in [4.69, 9.17) is 27.8 Å². The second kappa shape index (κ2) is 22.3. The molecule has 2 rings (SSSR count). The van der Waals surface area contributed by atoms with E-state index >= 15 is 0 Å². The molecule has 0 aliphatic heterocycles. The highest BCUT2D eigenvalue weighted by Gasteiger charge is 2.51. The third-order valence-electron chi connectivity index (χ3n) is 12.3. The zero-order valence-electron chi connectivity index (χ0n) is 37.3. The highest BCUT2D eigenvalue weighted by Crippen LogP contribution is 2.41. The van der Waals surface area contributed by atoms with Gasteiger partial charge in [0, 0.05) is 58.5 Å². The predicted octanol–water partition coefficient (Wildman–Crippen LogP) is 9.83. The average Bonchev–Trinajstić information content (AvgIpc) is 3.14. The Kier molecular flexibility index (Phi) is 19.9. The molecule has 55 heavy (non-hydrogen) atoms. The molecule has 0 aliphatic carbocycles. The van der Waals surface area contributed by atoms with Crippen molar-refractivity contribution in [2.45, 2.75) is 143 Å². The summed E-state index contributed by atoms with van der Waals surface area (Å²) >= 11 is 0. The van der Waals surface area contributed by atoms with Crippen molar-refractivity contribution in [1.29, 1.82) is 0 Å². The van der Waals surface area contributed by atoms with Gasteiger partial charge >= 0.3 is 0 Å². The second-order valence-corrected chi connectivity index (χ2v) is 27.4. The van der Waals surface area contributed by atoms with Crippen molar-refractivity contribution in [1.82, 2.24) is 0 Å². The Morgan fingerprint density at radius 3 is 1.73 bits per heavy atom. The molecule has 0 heterocycles. The maximum atomic E-state index is 14.3. The molecule has 0 unspecified atom stereocenters. The minimum atomic E-state index is -2.78.